The number of nitrogens with two attached hydrogens (primary N) is 1. The lowest BCUT2D eigenvalue weighted by molar-refractivity contribution is 0.1000. The lowest BCUT2D eigenvalue weighted by atomic mass is 10.1. The molecule has 148 valence electrons. The van der Waals surface area contributed by atoms with Crippen molar-refractivity contribution >= 4 is 11.9 Å². The number of nitrogens with zero attached hydrogens (tertiary/aromatic N) is 2. The van der Waals surface area contributed by atoms with Gasteiger partial charge in [-0.2, -0.15) is 0 Å². The number of likely N-dealkylation sites (tertiary alicyclic amines) is 1. The first-order valence-corrected chi connectivity index (χ1v) is 9.79. The molecule has 1 fully saturated rings. The van der Waals surface area contributed by atoms with Crippen molar-refractivity contribution in [3.05, 3.63) is 65.7 Å². The van der Waals surface area contributed by atoms with Crippen molar-refractivity contribution < 1.29 is 9.53 Å². The fourth-order valence-electron chi connectivity index (χ4n) is 3.29. The molecule has 3 rings (SSSR count). The number of hydrogen-bond acceptors (Lipinski definition) is 3. The highest BCUT2D eigenvalue weighted by molar-refractivity contribution is 5.92. The molecule has 6 heteroatoms. The fourth-order valence-corrected chi connectivity index (χ4v) is 3.29. The number of carbonyl (C=O) groups is 1. The maximum Gasteiger partial charge on any atom is 0.248 e. The van der Waals surface area contributed by atoms with Crippen molar-refractivity contribution in [3.8, 4) is 5.75 Å². The number of para-hydroxylation sites is 1. The number of benzene rings is 2. The quantitative estimate of drug-likeness (QED) is 0.597. The molecular weight excluding hydrogens is 352 g/mol. The highest BCUT2D eigenvalue weighted by Gasteiger charge is 2.22. The van der Waals surface area contributed by atoms with Crippen LogP contribution in [0.15, 0.2) is 59.6 Å². The van der Waals surface area contributed by atoms with Gasteiger partial charge in [0.25, 0.3) is 0 Å². The summed E-state index contributed by atoms with van der Waals surface area (Å²) in [5.74, 6) is 1.40. The Bertz CT molecular complexity index is 799. The zero-order chi connectivity index (χ0) is 19.8. The van der Waals surface area contributed by atoms with Crippen LogP contribution in [0.3, 0.4) is 0 Å². The number of ether oxygens (including phenoxy) is 1. The minimum atomic E-state index is -0.418. The van der Waals surface area contributed by atoms with Gasteiger partial charge in [-0.3, -0.25) is 4.79 Å². The molecule has 3 N–H and O–H groups in total. The van der Waals surface area contributed by atoms with E-state index in [-0.39, 0.29) is 6.10 Å². The van der Waals surface area contributed by atoms with Crippen LogP contribution in [0.25, 0.3) is 0 Å². The summed E-state index contributed by atoms with van der Waals surface area (Å²) < 4.78 is 6.08. The third-order valence-electron chi connectivity index (χ3n) is 4.75. The molecule has 1 heterocycles. The Balaban J connectivity index is 1.59. The standard InChI is InChI=1S/C22H28N4O2/c1-2-24-22(25-16-17-7-6-8-18(15-17)21(23)27)26-13-11-20(12-14-26)28-19-9-4-3-5-10-19/h3-10,15,20H,2,11-14,16H2,1H3,(H2,23,27)(H,24,25). The number of piperidine rings is 1. The molecule has 28 heavy (non-hydrogen) atoms. The number of primary amides is 1. The largest absolute Gasteiger partial charge is 0.490 e. The first-order valence-electron chi connectivity index (χ1n) is 9.79. The summed E-state index contributed by atoms with van der Waals surface area (Å²) in [6.45, 7) is 5.16. The molecular formula is C22H28N4O2. The van der Waals surface area contributed by atoms with Crippen LogP contribution in [-0.2, 0) is 6.54 Å². The number of nitrogens with one attached hydrogen (secondary N) is 1. The third-order valence-corrected chi connectivity index (χ3v) is 4.75. The smallest absolute Gasteiger partial charge is 0.248 e. The normalized spacial score (nSPS) is 15.3. The van der Waals surface area contributed by atoms with Crippen LogP contribution >= 0.6 is 0 Å². The van der Waals surface area contributed by atoms with E-state index < -0.39 is 5.91 Å². The van der Waals surface area contributed by atoms with Gasteiger partial charge in [0.1, 0.15) is 11.9 Å². The average Bonchev–Trinajstić information content (AvgIpc) is 2.73. The van der Waals surface area contributed by atoms with Crippen molar-refractivity contribution in [1.82, 2.24) is 10.2 Å². The van der Waals surface area contributed by atoms with Gasteiger partial charge in [0.05, 0.1) is 6.54 Å². The van der Waals surface area contributed by atoms with Crippen LogP contribution in [0.4, 0.5) is 0 Å². The lowest BCUT2D eigenvalue weighted by Gasteiger charge is -2.34. The Morgan fingerprint density at radius 3 is 2.61 bits per heavy atom. The molecule has 0 unspecified atom stereocenters. The molecule has 0 aromatic heterocycles. The number of carbonyl (C=O) groups excluding carboxylic acids is 1. The van der Waals surface area contributed by atoms with Crippen molar-refractivity contribution in [2.24, 2.45) is 10.7 Å². The monoisotopic (exact) mass is 380 g/mol. The second-order valence-electron chi connectivity index (χ2n) is 6.85. The topological polar surface area (TPSA) is 79.9 Å². The molecule has 1 amide bonds. The molecule has 0 bridgehead atoms. The Hall–Kier alpha value is -3.02. The highest BCUT2D eigenvalue weighted by Crippen LogP contribution is 2.19. The van der Waals surface area contributed by atoms with Crippen LogP contribution in [0.2, 0.25) is 0 Å². The Kier molecular flexibility index (Phi) is 6.89. The van der Waals surface area contributed by atoms with E-state index >= 15 is 0 Å². The van der Waals surface area contributed by atoms with Gasteiger partial charge < -0.3 is 20.7 Å². The molecule has 2 aromatic rings. The molecule has 0 aliphatic carbocycles. The first-order chi connectivity index (χ1) is 13.7. The van der Waals surface area contributed by atoms with Crippen LogP contribution in [-0.4, -0.2) is 42.5 Å². The molecule has 2 aromatic carbocycles. The number of rotatable bonds is 6. The maximum atomic E-state index is 11.4. The zero-order valence-electron chi connectivity index (χ0n) is 16.3. The Morgan fingerprint density at radius 2 is 1.93 bits per heavy atom. The molecule has 1 aliphatic heterocycles. The number of guanidine groups is 1. The van der Waals surface area contributed by atoms with Crippen LogP contribution in [0.1, 0.15) is 35.7 Å². The Morgan fingerprint density at radius 1 is 1.18 bits per heavy atom. The fraction of sp³-hybridized carbons (Fsp3) is 0.364. The van der Waals surface area contributed by atoms with Gasteiger partial charge in [-0.05, 0) is 36.8 Å². The van der Waals surface area contributed by atoms with Gasteiger partial charge >= 0.3 is 0 Å². The van der Waals surface area contributed by atoms with E-state index in [1.807, 2.05) is 42.5 Å². The van der Waals surface area contributed by atoms with E-state index in [1.165, 1.54) is 0 Å². The van der Waals surface area contributed by atoms with Gasteiger partial charge in [0, 0.05) is 38.0 Å². The summed E-state index contributed by atoms with van der Waals surface area (Å²) in [5.41, 5.74) is 6.84. The predicted molar refractivity (Wildman–Crippen MR) is 111 cm³/mol. The number of aliphatic imine (C=N–C) groups is 1. The molecule has 0 radical (unpaired) electrons. The SMILES string of the molecule is CCNC(=NCc1cccc(C(N)=O)c1)N1CCC(Oc2ccccc2)CC1. The van der Waals surface area contributed by atoms with Gasteiger partial charge in [0.2, 0.25) is 5.91 Å². The molecule has 0 spiro atoms. The molecule has 6 nitrogen and oxygen atoms in total. The van der Waals surface area contributed by atoms with Gasteiger partial charge in [-0.1, -0.05) is 30.3 Å². The van der Waals surface area contributed by atoms with Crippen LogP contribution < -0.4 is 15.8 Å². The summed E-state index contributed by atoms with van der Waals surface area (Å²) in [7, 11) is 0. The van der Waals surface area contributed by atoms with E-state index in [2.05, 4.69) is 17.1 Å². The van der Waals surface area contributed by atoms with Crippen molar-refractivity contribution in [2.75, 3.05) is 19.6 Å². The molecule has 1 aliphatic rings. The van der Waals surface area contributed by atoms with E-state index in [1.54, 1.807) is 12.1 Å². The summed E-state index contributed by atoms with van der Waals surface area (Å²) in [6.07, 6.45) is 2.14. The zero-order valence-corrected chi connectivity index (χ0v) is 16.3. The predicted octanol–water partition coefficient (Wildman–Crippen LogP) is 2.79. The summed E-state index contributed by atoms with van der Waals surface area (Å²) in [5, 5.41) is 3.37. The van der Waals surface area contributed by atoms with Gasteiger partial charge in [-0.25, -0.2) is 4.99 Å². The van der Waals surface area contributed by atoms with E-state index in [0.29, 0.717) is 12.1 Å². The van der Waals surface area contributed by atoms with Crippen molar-refractivity contribution in [1.29, 1.82) is 0 Å². The van der Waals surface area contributed by atoms with Crippen molar-refractivity contribution in [3.63, 3.8) is 0 Å². The van der Waals surface area contributed by atoms with Crippen LogP contribution in [0, 0.1) is 0 Å². The lowest BCUT2D eigenvalue weighted by Crippen LogP contribution is -2.47. The third kappa shape index (κ3) is 5.49. The van der Waals surface area contributed by atoms with Crippen molar-refractivity contribution in [2.45, 2.75) is 32.4 Å². The molecule has 1 saturated heterocycles. The van der Waals surface area contributed by atoms with Gasteiger partial charge in [-0.15, -0.1) is 0 Å². The second kappa shape index (κ2) is 9.78. The summed E-state index contributed by atoms with van der Waals surface area (Å²) in [4.78, 5) is 18.4. The maximum absolute atomic E-state index is 11.4. The van der Waals surface area contributed by atoms with Gasteiger partial charge in [0.15, 0.2) is 5.96 Å². The summed E-state index contributed by atoms with van der Waals surface area (Å²) in [6, 6.07) is 17.3. The average molecular weight is 380 g/mol. The Labute approximate surface area is 166 Å². The highest BCUT2D eigenvalue weighted by atomic mass is 16.5. The molecule has 0 saturated carbocycles. The minimum Gasteiger partial charge on any atom is -0.490 e. The number of hydrogen-bond donors (Lipinski definition) is 2. The molecule has 0 atom stereocenters. The minimum absolute atomic E-state index is 0.230. The van der Waals surface area contributed by atoms with Crippen LogP contribution in [0.5, 0.6) is 5.75 Å². The first kappa shape index (κ1) is 19.7. The van der Waals surface area contributed by atoms with E-state index in [0.717, 1.165) is 49.7 Å². The van der Waals surface area contributed by atoms with E-state index in [4.69, 9.17) is 15.5 Å². The number of amides is 1. The van der Waals surface area contributed by atoms with E-state index in [9.17, 15) is 4.79 Å². The second-order valence-corrected chi connectivity index (χ2v) is 6.85. The summed E-state index contributed by atoms with van der Waals surface area (Å²) >= 11 is 0.